The Labute approximate surface area is 116 Å². The number of carbonyl (C=O) groups is 1. The summed E-state index contributed by atoms with van der Waals surface area (Å²) in [5.41, 5.74) is 8.35. The number of benzene rings is 1. The quantitative estimate of drug-likeness (QED) is 0.485. The minimum atomic E-state index is -3.50. The molecule has 0 saturated carbocycles. The Morgan fingerprint density at radius 2 is 1.75 bits per heavy atom. The minimum Gasteiger partial charge on any atom is -0.287 e. The summed E-state index contributed by atoms with van der Waals surface area (Å²) >= 11 is 0. The molecule has 106 valence electrons. The van der Waals surface area contributed by atoms with Gasteiger partial charge in [0.05, 0.1) is 4.90 Å². The number of hydrogen-bond acceptors (Lipinski definition) is 3. The van der Waals surface area contributed by atoms with Crippen molar-refractivity contribution in [3.63, 3.8) is 0 Å². The van der Waals surface area contributed by atoms with E-state index in [1.165, 1.54) is 28.6 Å². The van der Waals surface area contributed by atoms with Gasteiger partial charge in [-0.25, -0.2) is 8.42 Å². The van der Waals surface area contributed by atoms with Gasteiger partial charge in [0.25, 0.3) is 0 Å². The SMILES string of the molecule is [N-]=[N+]=NC(=O)c1ccc(S(=O)(=O)N2CCCCC2)cc1. The summed E-state index contributed by atoms with van der Waals surface area (Å²) in [6.07, 6.45) is 2.78. The first-order valence-electron chi connectivity index (χ1n) is 6.25. The van der Waals surface area contributed by atoms with Crippen molar-refractivity contribution in [2.24, 2.45) is 5.11 Å². The van der Waals surface area contributed by atoms with Gasteiger partial charge in [-0.05, 0) is 47.8 Å². The Kier molecular flexibility index (Phi) is 4.39. The largest absolute Gasteiger partial charge is 0.287 e. The van der Waals surface area contributed by atoms with Crippen LogP contribution in [0.25, 0.3) is 10.4 Å². The van der Waals surface area contributed by atoms with Gasteiger partial charge in [-0.1, -0.05) is 6.42 Å². The van der Waals surface area contributed by atoms with Crippen molar-refractivity contribution in [3.8, 4) is 0 Å². The Morgan fingerprint density at radius 1 is 1.15 bits per heavy atom. The zero-order chi connectivity index (χ0) is 14.6. The van der Waals surface area contributed by atoms with E-state index in [9.17, 15) is 13.2 Å². The Balaban J connectivity index is 2.24. The van der Waals surface area contributed by atoms with E-state index in [0.29, 0.717) is 13.1 Å². The first kappa shape index (κ1) is 14.5. The van der Waals surface area contributed by atoms with E-state index in [0.717, 1.165) is 19.3 Å². The summed E-state index contributed by atoms with van der Waals surface area (Å²) in [5, 5.41) is 2.96. The van der Waals surface area contributed by atoms with Gasteiger partial charge in [0, 0.05) is 23.6 Å². The van der Waals surface area contributed by atoms with Crippen molar-refractivity contribution in [1.29, 1.82) is 0 Å². The van der Waals surface area contributed by atoms with Gasteiger partial charge in [0.2, 0.25) is 15.9 Å². The van der Waals surface area contributed by atoms with Crippen molar-refractivity contribution in [2.45, 2.75) is 24.2 Å². The summed E-state index contributed by atoms with van der Waals surface area (Å²) in [7, 11) is -3.50. The molecule has 2 rings (SSSR count). The Bertz CT molecular complexity index is 642. The van der Waals surface area contributed by atoms with E-state index in [1.54, 1.807) is 0 Å². The fourth-order valence-corrected chi connectivity index (χ4v) is 3.64. The van der Waals surface area contributed by atoms with Crippen LogP contribution in [0.3, 0.4) is 0 Å². The monoisotopic (exact) mass is 294 g/mol. The van der Waals surface area contributed by atoms with Gasteiger partial charge >= 0.3 is 0 Å². The lowest BCUT2D eigenvalue weighted by Gasteiger charge is -2.25. The molecule has 1 aromatic carbocycles. The van der Waals surface area contributed by atoms with E-state index in [-0.39, 0.29) is 10.5 Å². The van der Waals surface area contributed by atoms with Crippen LogP contribution in [0, 0.1) is 0 Å². The van der Waals surface area contributed by atoms with E-state index >= 15 is 0 Å². The maximum absolute atomic E-state index is 12.4. The maximum Gasteiger partial charge on any atom is 0.249 e. The average molecular weight is 294 g/mol. The second kappa shape index (κ2) is 6.04. The molecule has 1 aliphatic heterocycles. The Hall–Kier alpha value is -1.89. The van der Waals surface area contributed by atoms with Gasteiger partial charge in [-0.3, -0.25) is 4.79 Å². The number of amides is 1. The highest BCUT2D eigenvalue weighted by Crippen LogP contribution is 2.21. The van der Waals surface area contributed by atoms with Crippen molar-refractivity contribution >= 4 is 15.9 Å². The minimum absolute atomic E-state index is 0.150. The second-order valence-corrected chi connectivity index (χ2v) is 6.42. The molecule has 20 heavy (non-hydrogen) atoms. The lowest BCUT2D eigenvalue weighted by atomic mass is 10.2. The third-order valence-corrected chi connectivity index (χ3v) is 5.10. The van der Waals surface area contributed by atoms with Crippen molar-refractivity contribution in [2.75, 3.05) is 13.1 Å². The highest BCUT2D eigenvalue weighted by atomic mass is 32.2. The molecule has 0 atom stereocenters. The molecule has 0 N–H and O–H groups in total. The topological polar surface area (TPSA) is 103 Å². The van der Waals surface area contributed by atoms with E-state index in [1.807, 2.05) is 0 Å². The zero-order valence-corrected chi connectivity index (χ0v) is 11.6. The fraction of sp³-hybridized carbons (Fsp3) is 0.417. The first-order chi connectivity index (χ1) is 9.55. The van der Waals surface area contributed by atoms with Crippen LogP contribution in [0.15, 0.2) is 34.3 Å². The number of carbonyl (C=O) groups excluding carboxylic acids is 1. The van der Waals surface area contributed by atoms with Gasteiger partial charge < -0.3 is 0 Å². The van der Waals surface area contributed by atoms with Crippen LogP contribution in [0.2, 0.25) is 0 Å². The van der Waals surface area contributed by atoms with Gasteiger partial charge in [-0.15, -0.1) is 0 Å². The van der Waals surface area contributed by atoms with Crippen LogP contribution < -0.4 is 0 Å². The molecule has 1 aromatic rings. The molecule has 0 bridgehead atoms. The summed E-state index contributed by atoms with van der Waals surface area (Å²) in [6, 6.07) is 5.44. The lowest BCUT2D eigenvalue weighted by Crippen LogP contribution is -2.35. The molecule has 1 fully saturated rings. The molecule has 7 nitrogen and oxygen atoms in total. The second-order valence-electron chi connectivity index (χ2n) is 4.48. The summed E-state index contributed by atoms with van der Waals surface area (Å²) in [5.74, 6) is -0.727. The fourth-order valence-electron chi connectivity index (χ4n) is 2.12. The number of hydrogen-bond donors (Lipinski definition) is 0. The van der Waals surface area contributed by atoms with Crippen LogP contribution >= 0.6 is 0 Å². The summed E-state index contributed by atoms with van der Waals surface area (Å²) in [4.78, 5) is 13.9. The van der Waals surface area contributed by atoms with Crippen LogP contribution in [-0.4, -0.2) is 31.7 Å². The molecule has 1 aliphatic rings. The summed E-state index contributed by atoms with van der Waals surface area (Å²) < 4.78 is 26.2. The number of sulfonamides is 1. The highest BCUT2D eigenvalue weighted by Gasteiger charge is 2.25. The predicted molar refractivity (Wildman–Crippen MR) is 72.5 cm³/mol. The van der Waals surface area contributed by atoms with Crippen LogP contribution in [0.1, 0.15) is 29.6 Å². The first-order valence-corrected chi connectivity index (χ1v) is 7.69. The van der Waals surface area contributed by atoms with Gasteiger partial charge in [-0.2, -0.15) is 4.31 Å². The molecule has 1 heterocycles. The molecule has 0 aromatic heterocycles. The van der Waals surface area contributed by atoms with Crippen molar-refractivity contribution in [1.82, 2.24) is 4.31 Å². The maximum atomic E-state index is 12.4. The smallest absolute Gasteiger partial charge is 0.249 e. The molecule has 1 saturated heterocycles. The number of nitrogens with zero attached hydrogens (tertiary/aromatic N) is 4. The van der Waals surface area contributed by atoms with Crippen molar-refractivity contribution in [3.05, 3.63) is 40.3 Å². The third kappa shape index (κ3) is 2.98. The van der Waals surface area contributed by atoms with E-state index < -0.39 is 15.9 Å². The molecule has 0 aliphatic carbocycles. The van der Waals surface area contributed by atoms with Crippen LogP contribution in [-0.2, 0) is 10.0 Å². The van der Waals surface area contributed by atoms with E-state index in [4.69, 9.17) is 5.53 Å². The number of azide groups is 1. The third-order valence-electron chi connectivity index (χ3n) is 3.19. The van der Waals surface area contributed by atoms with Gasteiger partial charge in [0.1, 0.15) is 0 Å². The molecule has 0 spiro atoms. The van der Waals surface area contributed by atoms with Crippen molar-refractivity contribution < 1.29 is 13.2 Å². The zero-order valence-electron chi connectivity index (χ0n) is 10.8. The Morgan fingerprint density at radius 3 is 2.30 bits per heavy atom. The molecule has 1 amide bonds. The number of piperidine rings is 1. The highest BCUT2D eigenvalue weighted by molar-refractivity contribution is 7.89. The predicted octanol–water partition coefficient (Wildman–Crippen LogP) is 2.31. The molecule has 0 radical (unpaired) electrons. The molecular weight excluding hydrogens is 280 g/mol. The standard InChI is InChI=1S/C12H14N4O3S/c13-15-14-12(17)10-4-6-11(7-5-10)20(18,19)16-8-2-1-3-9-16/h4-7H,1-3,8-9H2. The lowest BCUT2D eigenvalue weighted by molar-refractivity contribution is 0.100. The van der Waals surface area contributed by atoms with Crippen LogP contribution in [0.4, 0.5) is 0 Å². The number of rotatable bonds is 3. The molecule has 0 unspecified atom stereocenters. The average Bonchev–Trinajstić information content (AvgIpc) is 2.48. The summed E-state index contributed by atoms with van der Waals surface area (Å²) in [6.45, 7) is 1.06. The molecule has 8 heteroatoms. The van der Waals surface area contributed by atoms with E-state index in [2.05, 4.69) is 10.0 Å². The normalized spacial score (nSPS) is 16.4. The van der Waals surface area contributed by atoms with Crippen LogP contribution in [0.5, 0.6) is 0 Å². The molecular formula is C12H14N4O3S. The van der Waals surface area contributed by atoms with Gasteiger partial charge in [0.15, 0.2) is 0 Å².